The molecule has 0 atom stereocenters. The average molecular weight is 337 g/mol. The zero-order valence-electron chi connectivity index (χ0n) is 9.12. The van der Waals surface area contributed by atoms with E-state index in [4.69, 9.17) is 46.4 Å². The molecule has 0 spiro atoms. The molecule has 2 aromatic rings. The monoisotopic (exact) mass is 335 g/mol. The van der Waals surface area contributed by atoms with E-state index in [1.54, 1.807) is 0 Å². The Morgan fingerprint density at radius 3 is 2.16 bits per heavy atom. The van der Waals surface area contributed by atoms with Crippen molar-refractivity contribution in [2.75, 3.05) is 0 Å². The molecule has 1 heterocycles. The molecule has 2 rings (SSSR count). The number of aromatic nitrogens is 1. The molecule has 0 aliphatic carbocycles. The number of hydrogen-bond acceptors (Lipinski definition) is 2. The first-order chi connectivity index (χ1) is 8.91. The van der Waals surface area contributed by atoms with E-state index in [1.165, 1.54) is 24.5 Å². The standard InChI is InChI=1S/C12H5Cl4NO2/c13-7-2-9(15)8(14)1-5(7)6-3-17-4-10(16)11(6)12(18)19/h1-4H,(H,18,19). The minimum absolute atomic E-state index is 0.0205. The highest BCUT2D eigenvalue weighted by atomic mass is 35.5. The van der Waals surface area contributed by atoms with Crippen LogP contribution in [0.2, 0.25) is 20.1 Å². The van der Waals surface area contributed by atoms with Gasteiger partial charge < -0.3 is 5.11 Å². The van der Waals surface area contributed by atoms with Crippen LogP contribution < -0.4 is 0 Å². The van der Waals surface area contributed by atoms with E-state index < -0.39 is 5.97 Å². The summed E-state index contributed by atoms with van der Waals surface area (Å²) < 4.78 is 0. The average Bonchev–Trinajstić information content (AvgIpc) is 2.33. The maximum atomic E-state index is 11.3. The molecule has 1 N–H and O–H groups in total. The fourth-order valence-electron chi connectivity index (χ4n) is 1.59. The molecule has 98 valence electrons. The summed E-state index contributed by atoms with van der Waals surface area (Å²) in [5.74, 6) is -1.18. The van der Waals surface area contributed by atoms with Crippen LogP contribution in [0.25, 0.3) is 11.1 Å². The lowest BCUT2D eigenvalue weighted by Crippen LogP contribution is -2.02. The quantitative estimate of drug-likeness (QED) is 0.780. The highest BCUT2D eigenvalue weighted by Gasteiger charge is 2.19. The van der Waals surface area contributed by atoms with Gasteiger partial charge in [-0.15, -0.1) is 0 Å². The van der Waals surface area contributed by atoms with Crippen molar-refractivity contribution in [1.29, 1.82) is 0 Å². The summed E-state index contributed by atoms with van der Waals surface area (Å²) in [7, 11) is 0. The van der Waals surface area contributed by atoms with Gasteiger partial charge in [0.1, 0.15) is 0 Å². The van der Waals surface area contributed by atoms with Gasteiger partial charge in [-0.2, -0.15) is 0 Å². The maximum Gasteiger partial charge on any atom is 0.337 e. The Hall–Kier alpha value is -1.000. The first-order valence-electron chi connectivity index (χ1n) is 4.93. The summed E-state index contributed by atoms with van der Waals surface area (Å²) in [5, 5.41) is 10.0. The van der Waals surface area contributed by atoms with Crippen LogP contribution in [0.4, 0.5) is 0 Å². The van der Waals surface area contributed by atoms with Gasteiger partial charge >= 0.3 is 5.97 Å². The predicted octanol–water partition coefficient (Wildman–Crippen LogP) is 5.06. The van der Waals surface area contributed by atoms with Crippen molar-refractivity contribution in [2.45, 2.75) is 0 Å². The summed E-state index contributed by atoms with van der Waals surface area (Å²) in [6.07, 6.45) is 2.61. The molecule has 1 aromatic heterocycles. The molecule has 0 radical (unpaired) electrons. The van der Waals surface area contributed by atoms with Gasteiger partial charge in [0.15, 0.2) is 0 Å². The Morgan fingerprint density at radius 1 is 0.895 bits per heavy atom. The zero-order valence-corrected chi connectivity index (χ0v) is 12.1. The number of rotatable bonds is 2. The molecular weight excluding hydrogens is 332 g/mol. The predicted molar refractivity (Wildman–Crippen MR) is 76.7 cm³/mol. The normalized spacial score (nSPS) is 10.5. The van der Waals surface area contributed by atoms with Crippen LogP contribution in [0.5, 0.6) is 0 Å². The fourth-order valence-corrected chi connectivity index (χ4v) is 2.47. The summed E-state index contributed by atoms with van der Waals surface area (Å²) >= 11 is 23.7. The number of benzene rings is 1. The fraction of sp³-hybridized carbons (Fsp3) is 0. The first kappa shape index (κ1) is 14.4. The van der Waals surface area contributed by atoms with Gasteiger partial charge in [-0.05, 0) is 12.1 Å². The Morgan fingerprint density at radius 2 is 1.53 bits per heavy atom. The van der Waals surface area contributed by atoms with Gasteiger partial charge in [-0.25, -0.2) is 4.79 Å². The Kier molecular flexibility index (Phi) is 4.21. The molecule has 0 unspecified atom stereocenters. The number of halogens is 4. The van der Waals surface area contributed by atoms with Crippen LogP contribution in [0, 0.1) is 0 Å². The number of pyridine rings is 1. The summed E-state index contributed by atoms with van der Waals surface area (Å²) in [4.78, 5) is 15.1. The number of nitrogens with zero attached hydrogens (tertiary/aromatic N) is 1. The molecule has 7 heteroatoms. The van der Waals surface area contributed by atoms with Crippen molar-refractivity contribution in [1.82, 2.24) is 4.98 Å². The summed E-state index contributed by atoms with van der Waals surface area (Å²) in [6, 6.07) is 2.92. The molecular formula is C12H5Cl4NO2. The maximum absolute atomic E-state index is 11.3. The van der Waals surface area contributed by atoms with Crippen molar-refractivity contribution < 1.29 is 9.90 Å². The van der Waals surface area contributed by atoms with Crippen LogP contribution in [-0.4, -0.2) is 16.1 Å². The summed E-state index contributed by atoms with van der Waals surface area (Å²) in [5.41, 5.74) is 0.601. The van der Waals surface area contributed by atoms with Gasteiger partial charge in [-0.1, -0.05) is 46.4 Å². The van der Waals surface area contributed by atoms with Gasteiger partial charge in [-0.3, -0.25) is 4.98 Å². The van der Waals surface area contributed by atoms with E-state index in [1.807, 2.05) is 0 Å². The Bertz CT molecular complexity index is 673. The number of carboxylic acids is 1. The third-order valence-electron chi connectivity index (χ3n) is 2.41. The lowest BCUT2D eigenvalue weighted by molar-refractivity contribution is 0.0698. The van der Waals surface area contributed by atoms with Crippen molar-refractivity contribution in [3.05, 3.63) is 50.2 Å². The van der Waals surface area contributed by atoms with E-state index in [2.05, 4.69) is 4.98 Å². The molecule has 0 fully saturated rings. The van der Waals surface area contributed by atoms with Crippen LogP contribution in [0.3, 0.4) is 0 Å². The molecule has 0 saturated carbocycles. The first-order valence-corrected chi connectivity index (χ1v) is 6.44. The molecule has 0 aliphatic heterocycles. The summed E-state index contributed by atoms with van der Waals surface area (Å²) in [6.45, 7) is 0. The molecule has 0 aliphatic rings. The second-order valence-corrected chi connectivity index (χ2v) is 5.22. The largest absolute Gasteiger partial charge is 0.478 e. The van der Waals surface area contributed by atoms with Crippen LogP contribution in [0.15, 0.2) is 24.5 Å². The molecule has 19 heavy (non-hydrogen) atoms. The van der Waals surface area contributed by atoms with E-state index in [0.29, 0.717) is 5.56 Å². The van der Waals surface area contributed by atoms with Crippen molar-refractivity contribution in [3.8, 4) is 11.1 Å². The molecule has 3 nitrogen and oxygen atoms in total. The van der Waals surface area contributed by atoms with Crippen LogP contribution >= 0.6 is 46.4 Å². The molecule has 0 saturated heterocycles. The third kappa shape index (κ3) is 2.79. The van der Waals surface area contributed by atoms with E-state index in [9.17, 15) is 9.90 Å². The van der Waals surface area contributed by atoms with E-state index >= 15 is 0 Å². The second-order valence-electron chi connectivity index (χ2n) is 3.60. The van der Waals surface area contributed by atoms with Gasteiger partial charge in [0.05, 0.1) is 25.7 Å². The Balaban J connectivity index is 2.76. The number of hydrogen-bond donors (Lipinski definition) is 1. The van der Waals surface area contributed by atoms with Crippen molar-refractivity contribution in [2.24, 2.45) is 0 Å². The van der Waals surface area contributed by atoms with Gasteiger partial charge in [0.2, 0.25) is 0 Å². The van der Waals surface area contributed by atoms with Crippen LogP contribution in [-0.2, 0) is 0 Å². The molecule has 0 amide bonds. The second kappa shape index (κ2) is 5.55. The number of carboxylic acid groups (broad SMARTS) is 1. The van der Waals surface area contributed by atoms with Crippen molar-refractivity contribution >= 4 is 52.4 Å². The molecule has 0 bridgehead atoms. The minimum Gasteiger partial charge on any atom is -0.478 e. The van der Waals surface area contributed by atoms with Gasteiger partial charge in [0, 0.05) is 23.5 Å². The highest BCUT2D eigenvalue weighted by molar-refractivity contribution is 6.44. The SMILES string of the molecule is O=C(O)c1c(Cl)cncc1-c1cc(Cl)c(Cl)cc1Cl. The minimum atomic E-state index is -1.18. The highest BCUT2D eigenvalue weighted by Crippen LogP contribution is 2.37. The number of aromatic carboxylic acids is 1. The van der Waals surface area contributed by atoms with Crippen LogP contribution in [0.1, 0.15) is 10.4 Å². The topological polar surface area (TPSA) is 50.2 Å². The van der Waals surface area contributed by atoms with Crippen molar-refractivity contribution in [3.63, 3.8) is 0 Å². The molecule has 1 aromatic carbocycles. The van der Waals surface area contributed by atoms with Gasteiger partial charge in [0.25, 0.3) is 0 Å². The third-order valence-corrected chi connectivity index (χ3v) is 3.74. The lowest BCUT2D eigenvalue weighted by Gasteiger charge is -2.10. The zero-order chi connectivity index (χ0) is 14.2. The van der Waals surface area contributed by atoms with E-state index in [-0.39, 0.29) is 31.2 Å². The number of carbonyl (C=O) groups is 1. The Labute approximate surface area is 128 Å². The van der Waals surface area contributed by atoms with E-state index in [0.717, 1.165) is 0 Å². The smallest absolute Gasteiger partial charge is 0.337 e. The lowest BCUT2D eigenvalue weighted by atomic mass is 10.0.